The minimum atomic E-state index is -0.162. The van der Waals surface area contributed by atoms with Crippen molar-refractivity contribution in [1.82, 2.24) is 0 Å². The molecular formula is C13H16Cl2O2. The van der Waals surface area contributed by atoms with Crippen LogP contribution in [0.2, 0.25) is 5.02 Å². The molecule has 1 aromatic rings. The molecule has 0 radical (unpaired) electrons. The molecule has 0 unspecified atom stereocenters. The molecule has 0 bridgehead atoms. The van der Waals surface area contributed by atoms with E-state index in [2.05, 4.69) is 0 Å². The van der Waals surface area contributed by atoms with Crippen LogP contribution in [0.4, 0.5) is 0 Å². The fraction of sp³-hybridized carbons (Fsp3) is 0.462. The van der Waals surface area contributed by atoms with Crippen LogP contribution in [0.3, 0.4) is 0 Å². The highest BCUT2D eigenvalue weighted by Crippen LogP contribution is 2.33. The van der Waals surface area contributed by atoms with E-state index in [4.69, 9.17) is 27.9 Å². The number of rotatable bonds is 4. The number of benzene rings is 1. The Kier molecular flexibility index (Phi) is 4.84. The lowest BCUT2D eigenvalue weighted by Crippen LogP contribution is -2.13. The number of carbonyl (C=O) groups excluding carboxylic acids is 1. The number of Topliss-reactive ketones (excluding diaryl/α,β-unsaturated/α-hetero) is 1. The number of halogens is 2. The molecule has 0 spiro atoms. The van der Waals surface area contributed by atoms with Crippen molar-refractivity contribution in [1.29, 1.82) is 0 Å². The van der Waals surface area contributed by atoms with Crippen molar-refractivity contribution in [2.75, 3.05) is 5.88 Å². The van der Waals surface area contributed by atoms with Crippen LogP contribution >= 0.6 is 23.2 Å². The second kappa shape index (κ2) is 5.74. The second-order valence-electron chi connectivity index (χ2n) is 4.23. The van der Waals surface area contributed by atoms with E-state index in [1.165, 1.54) is 0 Å². The van der Waals surface area contributed by atoms with Crippen LogP contribution in [0, 0.1) is 13.8 Å². The van der Waals surface area contributed by atoms with E-state index in [0.29, 0.717) is 16.3 Å². The number of hydrogen-bond donors (Lipinski definition) is 0. The highest BCUT2D eigenvalue weighted by Gasteiger charge is 2.20. The van der Waals surface area contributed by atoms with Crippen LogP contribution < -0.4 is 4.74 Å². The average Bonchev–Trinajstić information content (AvgIpc) is 2.25. The van der Waals surface area contributed by atoms with Gasteiger partial charge >= 0.3 is 0 Å². The minimum Gasteiger partial charge on any atom is -0.490 e. The Hall–Kier alpha value is -0.730. The molecule has 4 heteroatoms. The van der Waals surface area contributed by atoms with E-state index in [9.17, 15) is 4.79 Å². The Balaban J connectivity index is 3.44. The quantitative estimate of drug-likeness (QED) is 0.609. The zero-order chi connectivity index (χ0) is 13.2. The lowest BCUT2D eigenvalue weighted by molar-refractivity contribution is 0.101. The van der Waals surface area contributed by atoms with Gasteiger partial charge in [0.2, 0.25) is 0 Å². The summed E-state index contributed by atoms with van der Waals surface area (Å²) in [6, 6.07) is 1.81. The number of carbonyl (C=O) groups is 1. The van der Waals surface area contributed by atoms with Gasteiger partial charge in [-0.3, -0.25) is 4.79 Å². The zero-order valence-electron chi connectivity index (χ0n) is 10.4. The van der Waals surface area contributed by atoms with Gasteiger partial charge in [-0.1, -0.05) is 11.6 Å². The summed E-state index contributed by atoms with van der Waals surface area (Å²) in [6.07, 6.45) is -0.00356. The first kappa shape index (κ1) is 14.3. The topological polar surface area (TPSA) is 26.3 Å². The molecule has 1 rings (SSSR count). The van der Waals surface area contributed by atoms with Crippen molar-refractivity contribution in [2.24, 2.45) is 0 Å². The smallest absolute Gasteiger partial charge is 0.181 e. The molecule has 17 heavy (non-hydrogen) atoms. The van der Waals surface area contributed by atoms with E-state index in [0.717, 1.165) is 11.1 Å². The third kappa shape index (κ3) is 3.14. The summed E-state index contributed by atoms with van der Waals surface area (Å²) in [5.74, 6) is 0.354. The van der Waals surface area contributed by atoms with Crippen LogP contribution in [0.5, 0.6) is 5.75 Å². The van der Waals surface area contributed by atoms with Crippen LogP contribution in [-0.4, -0.2) is 17.8 Å². The van der Waals surface area contributed by atoms with Gasteiger partial charge in [0.25, 0.3) is 0 Å². The minimum absolute atomic E-state index is 0.00356. The summed E-state index contributed by atoms with van der Waals surface area (Å²) >= 11 is 11.7. The molecule has 2 nitrogen and oxygen atoms in total. The summed E-state index contributed by atoms with van der Waals surface area (Å²) in [5, 5.41) is 0.562. The molecular weight excluding hydrogens is 259 g/mol. The number of aryl methyl sites for hydroxylation is 1. The maximum atomic E-state index is 11.9. The van der Waals surface area contributed by atoms with Crippen molar-refractivity contribution in [3.63, 3.8) is 0 Å². The summed E-state index contributed by atoms with van der Waals surface area (Å²) in [5.41, 5.74) is 2.07. The number of alkyl halides is 1. The van der Waals surface area contributed by atoms with Crippen molar-refractivity contribution >= 4 is 29.0 Å². The molecule has 0 aromatic heterocycles. The van der Waals surface area contributed by atoms with Gasteiger partial charge in [0.1, 0.15) is 5.75 Å². The SMILES string of the molecule is Cc1cc(Cl)c(C)c(C(=O)CCl)c1OC(C)C. The highest BCUT2D eigenvalue weighted by atomic mass is 35.5. The normalized spacial score (nSPS) is 10.8. The lowest BCUT2D eigenvalue weighted by atomic mass is 10.0. The molecule has 0 aliphatic carbocycles. The zero-order valence-corrected chi connectivity index (χ0v) is 11.9. The third-order valence-electron chi connectivity index (χ3n) is 2.42. The molecule has 0 aliphatic rings. The van der Waals surface area contributed by atoms with Gasteiger partial charge in [-0.25, -0.2) is 0 Å². The summed E-state index contributed by atoms with van der Waals surface area (Å²) in [6.45, 7) is 7.50. The van der Waals surface area contributed by atoms with Gasteiger partial charge in [0, 0.05) is 5.02 Å². The van der Waals surface area contributed by atoms with E-state index in [1.807, 2.05) is 20.8 Å². The lowest BCUT2D eigenvalue weighted by Gasteiger charge is -2.18. The predicted octanol–water partition coefficient (Wildman–Crippen LogP) is 4.17. The first-order valence-electron chi connectivity index (χ1n) is 5.44. The maximum absolute atomic E-state index is 11.9. The van der Waals surface area contributed by atoms with Crippen LogP contribution in [0.15, 0.2) is 6.07 Å². The van der Waals surface area contributed by atoms with Crippen LogP contribution in [0.1, 0.15) is 35.3 Å². The highest BCUT2D eigenvalue weighted by molar-refractivity contribution is 6.34. The Bertz CT molecular complexity index is 440. The monoisotopic (exact) mass is 274 g/mol. The number of hydrogen-bond acceptors (Lipinski definition) is 2. The van der Waals surface area contributed by atoms with Crippen molar-refractivity contribution in [3.05, 3.63) is 27.8 Å². The van der Waals surface area contributed by atoms with E-state index in [1.54, 1.807) is 13.0 Å². The first-order chi connectivity index (χ1) is 7.88. The number of ether oxygens (including phenoxy) is 1. The molecule has 0 atom stereocenters. The molecule has 94 valence electrons. The Morgan fingerprint density at radius 1 is 1.41 bits per heavy atom. The molecule has 1 aromatic carbocycles. The van der Waals surface area contributed by atoms with Crippen molar-refractivity contribution in [3.8, 4) is 5.75 Å². The molecule has 0 fully saturated rings. The van der Waals surface area contributed by atoms with E-state index >= 15 is 0 Å². The standard InChI is InChI=1S/C13H16Cl2O2/c1-7(2)17-13-8(3)5-10(15)9(4)12(13)11(16)6-14/h5,7H,6H2,1-4H3. The van der Waals surface area contributed by atoms with Crippen molar-refractivity contribution in [2.45, 2.75) is 33.8 Å². The van der Waals surface area contributed by atoms with E-state index in [-0.39, 0.29) is 17.8 Å². The summed E-state index contributed by atoms with van der Waals surface area (Å²) in [4.78, 5) is 11.9. The summed E-state index contributed by atoms with van der Waals surface area (Å²) < 4.78 is 5.70. The second-order valence-corrected chi connectivity index (χ2v) is 4.90. The Labute approximate surface area is 112 Å². The van der Waals surface area contributed by atoms with Gasteiger partial charge in [-0.05, 0) is 44.9 Å². The third-order valence-corrected chi connectivity index (χ3v) is 3.05. The number of ketones is 1. The van der Waals surface area contributed by atoms with E-state index < -0.39 is 0 Å². The van der Waals surface area contributed by atoms with Crippen LogP contribution in [-0.2, 0) is 0 Å². The van der Waals surface area contributed by atoms with Crippen molar-refractivity contribution < 1.29 is 9.53 Å². The molecule has 0 saturated carbocycles. The van der Waals surface area contributed by atoms with Gasteiger partial charge < -0.3 is 4.74 Å². The van der Waals surface area contributed by atoms with Crippen LogP contribution in [0.25, 0.3) is 0 Å². The molecule has 0 saturated heterocycles. The molecule has 0 heterocycles. The Morgan fingerprint density at radius 2 is 2.00 bits per heavy atom. The molecule has 0 aliphatic heterocycles. The fourth-order valence-corrected chi connectivity index (χ4v) is 2.03. The maximum Gasteiger partial charge on any atom is 0.181 e. The summed E-state index contributed by atoms with van der Waals surface area (Å²) in [7, 11) is 0. The predicted molar refractivity (Wildman–Crippen MR) is 71.7 cm³/mol. The van der Waals surface area contributed by atoms with Gasteiger partial charge in [-0.2, -0.15) is 0 Å². The largest absolute Gasteiger partial charge is 0.490 e. The Morgan fingerprint density at radius 3 is 2.47 bits per heavy atom. The van der Waals surface area contributed by atoms with Gasteiger partial charge in [-0.15, -0.1) is 11.6 Å². The van der Waals surface area contributed by atoms with Gasteiger partial charge in [0.15, 0.2) is 5.78 Å². The average molecular weight is 275 g/mol. The first-order valence-corrected chi connectivity index (χ1v) is 6.35. The van der Waals surface area contributed by atoms with Gasteiger partial charge in [0.05, 0.1) is 17.5 Å². The molecule has 0 N–H and O–H groups in total. The fourth-order valence-electron chi connectivity index (χ4n) is 1.64. The molecule has 0 amide bonds.